The lowest BCUT2D eigenvalue weighted by atomic mass is 9.81. The summed E-state index contributed by atoms with van der Waals surface area (Å²) >= 11 is 0. The Morgan fingerprint density at radius 3 is 2.52 bits per heavy atom. The second-order valence-electron chi connectivity index (χ2n) is 14.2. The predicted octanol–water partition coefficient (Wildman–Crippen LogP) is 7.00. The molecule has 0 radical (unpaired) electrons. The van der Waals surface area contributed by atoms with E-state index < -0.39 is 17.7 Å². The zero-order chi connectivity index (χ0) is 38.1. The van der Waals surface area contributed by atoms with Crippen LogP contribution in [0.3, 0.4) is 0 Å². The van der Waals surface area contributed by atoms with Crippen LogP contribution >= 0.6 is 0 Å². The maximum atomic E-state index is 14.0. The van der Waals surface area contributed by atoms with Gasteiger partial charge in [0.2, 0.25) is 11.8 Å². The number of ether oxygens (including phenoxy) is 2. The zero-order valence-electron chi connectivity index (χ0n) is 30.9. The van der Waals surface area contributed by atoms with E-state index in [1.807, 2.05) is 54.6 Å². The summed E-state index contributed by atoms with van der Waals surface area (Å²) in [7, 11) is 1.59. The van der Waals surface area contributed by atoms with Gasteiger partial charge in [0, 0.05) is 48.8 Å². The van der Waals surface area contributed by atoms with E-state index >= 15 is 0 Å². The summed E-state index contributed by atoms with van der Waals surface area (Å²) in [6.07, 6.45) is 6.00. The number of benzene rings is 3. The van der Waals surface area contributed by atoms with Crippen molar-refractivity contribution in [3.05, 3.63) is 109 Å². The molecule has 1 fully saturated rings. The summed E-state index contributed by atoms with van der Waals surface area (Å²) in [5, 5.41) is 17.1. The third-order valence-electron chi connectivity index (χ3n) is 9.78. The van der Waals surface area contributed by atoms with Gasteiger partial charge in [-0.15, -0.1) is 0 Å². The fourth-order valence-electron chi connectivity index (χ4n) is 6.69. The highest BCUT2D eigenvalue weighted by Crippen LogP contribution is 2.30. The number of hydrogen-bond acceptors (Lipinski definition) is 8. The number of nitrogens with zero attached hydrogens (tertiary/aromatic N) is 3. The molecule has 4 N–H and O–H groups in total. The maximum absolute atomic E-state index is 14.0. The average molecular weight is 730 g/mol. The summed E-state index contributed by atoms with van der Waals surface area (Å²) in [5.41, 5.74) is 4.44. The van der Waals surface area contributed by atoms with Crippen molar-refractivity contribution in [2.45, 2.75) is 64.2 Å². The minimum atomic E-state index is -0.839. The number of pyridine rings is 1. The van der Waals surface area contributed by atoms with Crippen LogP contribution in [0, 0.1) is 11.8 Å². The van der Waals surface area contributed by atoms with Gasteiger partial charge < -0.3 is 25.4 Å². The quantitative estimate of drug-likeness (QED) is 0.0890. The second kappa shape index (κ2) is 17.3. The number of carbonyl (C=O) groups excluding carboxylic acids is 3. The fraction of sp³-hybridized carbons (Fsp3) is 0.333. The molecule has 3 amide bonds. The number of aromatic amines is 1. The predicted molar refractivity (Wildman–Crippen MR) is 208 cm³/mol. The number of rotatable bonds is 14. The molecule has 0 aliphatic heterocycles. The Morgan fingerprint density at radius 1 is 0.981 bits per heavy atom. The molecule has 2 aromatic heterocycles. The number of nitrogens with one attached hydrogen (secondary N) is 4. The van der Waals surface area contributed by atoms with Gasteiger partial charge in [0.1, 0.15) is 18.2 Å². The molecule has 2 heterocycles. The molecule has 1 atom stereocenters. The van der Waals surface area contributed by atoms with E-state index in [0.29, 0.717) is 43.3 Å². The van der Waals surface area contributed by atoms with Crippen molar-refractivity contribution in [2.24, 2.45) is 11.8 Å². The van der Waals surface area contributed by atoms with Crippen molar-refractivity contribution in [2.75, 3.05) is 19.0 Å². The van der Waals surface area contributed by atoms with E-state index in [1.54, 1.807) is 45.4 Å². The molecule has 12 nitrogen and oxygen atoms in total. The molecule has 280 valence electrons. The second-order valence-corrected chi connectivity index (χ2v) is 14.2. The standard InChI is InChI=1S/C42H47N7O5/c1-5-42(2,3)54-41(52)44-25-27-14-16-30(17-15-27)39(50)46-36(40(51)45-32-20-18-29(19-21-32)38-47-37(26-53-4)48-49-38)24-28-9-6-10-31(23-28)33-11-7-13-35-34(33)12-8-22-43-35/h5-13,18-23,27,30,36H,1,14-17,24-26H2,2-4H3,(H,44,52)(H,45,51)(H,46,50)(H,47,48,49)/t27?,30?,36-/m0/s1. The van der Waals surface area contributed by atoms with Crippen LogP contribution in [0.5, 0.6) is 0 Å². The Balaban J connectivity index is 1.15. The number of alkyl carbamates (subject to hydrolysis) is 1. The molecule has 6 rings (SSSR count). The molecule has 12 heteroatoms. The van der Waals surface area contributed by atoms with Crippen LogP contribution in [0.2, 0.25) is 0 Å². The van der Waals surface area contributed by atoms with Crippen molar-refractivity contribution in [1.82, 2.24) is 30.8 Å². The van der Waals surface area contributed by atoms with Gasteiger partial charge in [0.15, 0.2) is 11.6 Å². The Morgan fingerprint density at radius 2 is 1.76 bits per heavy atom. The lowest BCUT2D eigenvalue weighted by Crippen LogP contribution is -2.48. The molecule has 5 aromatic rings. The summed E-state index contributed by atoms with van der Waals surface area (Å²) in [4.78, 5) is 49.0. The average Bonchev–Trinajstić information content (AvgIpc) is 3.66. The Hall–Kier alpha value is -5.88. The Kier molecular flexibility index (Phi) is 12.1. The maximum Gasteiger partial charge on any atom is 0.407 e. The van der Waals surface area contributed by atoms with E-state index in [-0.39, 0.29) is 30.1 Å². The van der Waals surface area contributed by atoms with Crippen molar-refractivity contribution in [3.8, 4) is 22.5 Å². The number of anilines is 1. The van der Waals surface area contributed by atoms with Crippen LogP contribution in [-0.2, 0) is 32.1 Å². The summed E-state index contributed by atoms with van der Waals surface area (Å²) in [6.45, 7) is 8.03. The third kappa shape index (κ3) is 9.75. The van der Waals surface area contributed by atoms with Gasteiger partial charge in [-0.1, -0.05) is 49.0 Å². The van der Waals surface area contributed by atoms with Crippen molar-refractivity contribution in [1.29, 1.82) is 0 Å². The molecule has 1 saturated carbocycles. The number of H-pyrrole nitrogens is 1. The first-order chi connectivity index (χ1) is 26.1. The van der Waals surface area contributed by atoms with E-state index in [0.717, 1.165) is 46.0 Å². The van der Waals surface area contributed by atoms with Gasteiger partial charge in [-0.05, 0) is 105 Å². The molecular formula is C42H47N7O5. The van der Waals surface area contributed by atoms with Crippen molar-refractivity contribution in [3.63, 3.8) is 0 Å². The number of amides is 3. The number of aromatic nitrogens is 4. The molecule has 0 spiro atoms. The van der Waals surface area contributed by atoms with Gasteiger partial charge in [-0.25, -0.2) is 9.78 Å². The van der Waals surface area contributed by atoms with Crippen LogP contribution < -0.4 is 16.0 Å². The fourth-order valence-corrected chi connectivity index (χ4v) is 6.69. The van der Waals surface area contributed by atoms with Gasteiger partial charge in [-0.3, -0.25) is 19.7 Å². The van der Waals surface area contributed by atoms with Crippen LogP contribution in [0.4, 0.5) is 10.5 Å². The Labute approximate surface area is 315 Å². The van der Waals surface area contributed by atoms with Gasteiger partial charge >= 0.3 is 6.09 Å². The molecule has 3 aromatic carbocycles. The highest BCUT2D eigenvalue weighted by molar-refractivity contribution is 5.98. The molecule has 1 aliphatic rings. The minimum Gasteiger partial charge on any atom is -0.439 e. The van der Waals surface area contributed by atoms with Crippen LogP contribution in [-0.4, -0.2) is 63.4 Å². The SMILES string of the molecule is C=CC(C)(C)OC(=O)NCC1CCC(C(=O)N[C@@H](Cc2cccc(-c3cccc4ncccc34)c2)C(=O)Nc2ccc(-c3n[nH]c(COC)n3)cc2)CC1. The van der Waals surface area contributed by atoms with E-state index in [2.05, 4.69) is 54.8 Å². The highest BCUT2D eigenvalue weighted by Gasteiger charge is 2.30. The molecule has 0 saturated heterocycles. The van der Waals surface area contributed by atoms with Crippen LogP contribution in [0.25, 0.3) is 33.4 Å². The first-order valence-electron chi connectivity index (χ1n) is 18.3. The summed E-state index contributed by atoms with van der Waals surface area (Å²) in [6, 6.07) is 24.5. The van der Waals surface area contributed by atoms with Gasteiger partial charge in [-0.2, -0.15) is 5.10 Å². The topological polar surface area (TPSA) is 160 Å². The monoisotopic (exact) mass is 729 g/mol. The first-order valence-corrected chi connectivity index (χ1v) is 18.3. The highest BCUT2D eigenvalue weighted by atomic mass is 16.6. The zero-order valence-corrected chi connectivity index (χ0v) is 30.9. The summed E-state index contributed by atoms with van der Waals surface area (Å²) in [5.74, 6) is 0.635. The lowest BCUT2D eigenvalue weighted by Gasteiger charge is -2.29. The normalized spacial score (nSPS) is 16.3. The minimum absolute atomic E-state index is 0.156. The van der Waals surface area contributed by atoms with Crippen molar-refractivity contribution < 1.29 is 23.9 Å². The first kappa shape index (κ1) is 37.9. The van der Waals surface area contributed by atoms with E-state index in [4.69, 9.17) is 9.47 Å². The molecule has 54 heavy (non-hydrogen) atoms. The number of carbonyl (C=O) groups is 3. The molecule has 0 unspecified atom stereocenters. The van der Waals surface area contributed by atoms with Crippen LogP contribution in [0.15, 0.2) is 97.7 Å². The lowest BCUT2D eigenvalue weighted by molar-refractivity contribution is -0.130. The van der Waals surface area contributed by atoms with Gasteiger partial charge in [0.05, 0.1) is 5.52 Å². The number of methoxy groups -OCH3 is 1. The summed E-state index contributed by atoms with van der Waals surface area (Å²) < 4.78 is 10.5. The number of hydrogen-bond donors (Lipinski definition) is 4. The smallest absolute Gasteiger partial charge is 0.407 e. The third-order valence-corrected chi connectivity index (χ3v) is 9.78. The molecule has 0 bridgehead atoms. The molecular weight excluding hydrogens is 683 g/mol. The largest absolute Gasteiger partial charge is 0.439 e. The molecule has 1 aliphatic carbocycles. The Bertz CT molecular complexity index is 2080. The van der Waals surface area contributed by atoms with Crippen molar-refractivity contribution >= 4 is 34.5 Å². The van der Waals surface area contributed by atoms with Crippen LogP contribution in [0.1, 0.15) is 50.9 Å². The van der Waals surface area contributed by atoms with E-state index in [9.17, 15) is 14.4 Å². The van der Waals surface area contributed by atoms with E-state index in [1.165, 1.54) is 0 Å². The van der Waals surface area contributed by atoms with Gasteiger partial charge in [0.25, 0.3) is 0 Å². The number of fused-ring (bicyclic) bond motifs is 1.